The zero-order valence-corrected chi connectivity index (χ0v) is 41.3. The van der Waals surface area contributed by atoms with Crippen LogP contribution in [0.5, 0.6) is 28.7 Å². The minimum Gasteiger partial charge on any atom is -0.493 e. The van der Waals surface area contributed by atoms with E-state index in [1.54, 1.807) is 0 Å². The molecule has 0 aliphatic carbocycles. The fraction of sp³-hybridized carbons (Fsp3) is 0.690. The largest absolute Gasteiger partial charge is 0.493 e. The molecule has 0 radical (unpaired) electrons. The lowest BCUT2D eigenvalue weighted by atomic mass is 9.92. The minimum absolute atomic E-state index is 0.613. The zero-order valence-electron chi connectivity index (χ0n) is 41.3. The molecule has 0 unspecified atom stereocenters. The third kappa shape index (κ3) is 17.9. The second-order valence-corrected chi connectivity index (χ2v) is 18.4. The van der Waals surface area contributed by atoms with Gasteiger partial charge in [-0.05, 0) is 54.3 Å². The Labute approximate surface area is 386 Å². The normalized spacial score (nSPS) is 11.6. The van der Waals surface area contributed by atoms with Crippen LogP contribution in [0.25, 0.3) is 32.3 Å². The second kappa shape index (κ2) is 33.2. The van der Waals surface area contributed by atoms with Crippen molar-refractivity contribution in [3.63, 3.8) is 0 Å². The summed E-state index contributed by atoms with van der Waals surface area (Å²) in [5.74, 6) is 3.94. The van der Waals surface area contributed by atoms with Crippen LogP contribution in [0, 0.1) is 0 Å². The molecule has 5 nitrogen and oxygen atoms in total. The molecular weight excluding hydrogens is 777 g/mol. The van der Waals surface area contributed by atoms with Crippen molar-refractivity contribution in [1.82, 2.24) is 0 Å². The number of hydrogen-bond acceptors (Lipinski definition) is 5. The molecule has 0 fully saturated rings. The first kappa shape index (κ1) is 52.3. The summed E-state index contributed by atoms with van der Waals surface area (Å²) in [6.07, 6.45) is 36.2. The summed E-state index contributed by atoms with van der Waals surface area (Å²) in [5.41, 5.74) is 0. The van der Waals surface area contributed by atoms with Crippen LogP contribution >= 0.6 is 0 Å². The fourth-order valence-corrected chi connectivity index (χ4v) is 9.05. The van der Waals surface area contributed by atoms with E-state index in [9.17, 15) is 0 Å². The molecule has 354 valence electrons. The molecule has 0 spiro atoms. The Morgan fingerprint density at radius 2 is 0.556 bits per heavy atom. The molecular formula is C58H92O5. The Morgan fingerprint density at radius 3 is 0.968 bits per heavy atom. The van der Waals surface area contributed by atoms with E-state index < -0.39 is 0 Å². The van der Waals surface area contributed by atoms with E-state index >= 15 is 0 Å². The van der Waals surface area contributed by atoms with Crippen molar-refractivity contribution >= 4 is 32.3 Å². The first-order chi connectivity index (χ1) is 31.2. The van der Waals surface area contributed by atoms with Crippen molar-refractivity contribution < 1.29 is 23.7 Å². The Balaban J connectivity index is 1.92. The van der Waals surface area contributed by atoms with Crippen molar-refractivity contribution in [2.45, 2.75) is 227 Å². The first-order valence-corrected chi connectivity index (χ1v) is 26.8. The Kier molecular flexibility index (Phi) is 27.5. The van der Waals surface area contributed by atoms with E-state index in [1.165, 1.54) is 146 Å². The van der Waals surface area contributed by atoms with Gasteiger partial charge >= 0.3 is 0 Å². The molecule has 0 heterocycles. The standard InChI is InChI=1S/C58H92O5/c1-6-11-16-21-26-33-43-59-51-42-38-41-49-48-39-31-32-40-50(48)53-54(52(49)51)56(61-45-35-28-23-18-13-8-3)58(63-47-37-30-25-20-15-10-5)57(62-46-36-29-24-19-14-9-4)55(53)60-44-34-27-22-17-12-7-2/h31-32,38-42H,6-30,33-37,43-47H2,1-5H3. The molecule has 0 aliphatic heterocycles. The molecule has 4 rings (SSSR count). The maximum atomic E-state index is 7.19. The Bertz CT molecular complexity index is 1780. The highest BCUT2D eigenvalue weighted by Crippen LogP contribution is 2.57. The topological polar surface area (TPSA) is 46.2 Å². The van der Waals surface area contributed by atoms with Gasteiger partial charge in [-0.2, -0.15) is 0 Å². The highest BCUT2D eigenvalue weighted by atomic mass is 16.6. The molecule has 4 aromatic rings. The lowest BCUT2D eigenvalue weighted by Gasteiger charge is -2.25. The van der Waals surface area contributed by atoms with Crippen LogP contribution in [0.2, 0.25) is 0 Å². The SMILES string of the molecule is CCCCCCCCOc1c(OCCCCCCCC)c(OCCCCCCCC)c2c3c(OCCCCCCCC)cccc3c3ccccc3c2c1OCCCCCCCC. The molecule has 0 amide bonds. The molecule has 0 saturated heterocycles. The second-order valence-electron chi connectivity index (χ2n) is 18.4. The third-order valence-electron chi connectivity index (χ3n) is 12.8. The highest BCUT2D eigenvalue weighted by molar-refractivity contribution is 6.30. The fourth-order valence-electron chi connectivity index (χ4n) is 9.05. The number of fused-ring (bicyclic) bond motifs is 6. The van der Waals surface area contributed by atoms with E-state index in [0.717, 1.165) is 102 Å². The van der Waals surface area contributed by atoms with Gasteiger partial charge in [-0.1, -0.05) is 232 Å². The molecule has 0 aliphatic rings. The molecule has 63 heavy (non-hydrogen) atoms. The summed E-state index contributed by atoms with van der Waals surface area (Å²) in [7, 11) is 0. The lowest BCUT2D eigenvalue weighted by molar-refractivity contribution is 0.222. The van der Waals surface area contributed by atoms with Crippen LogP contribution in [-0.2, 0) is 0 Å². The van der Waals surface area contributed by atoms with Gasteiger partial charge in [-0.15, -0.1) is 0 Å². The van der Waals surface area contributed by atoms with Crippen LogP contribution in [0.1, 0.15) is 227 Å². The summed E-state index contributed by atoms with van der Waals surface area (Å²) in [6, 6.07) is 15.5. The molecule has 0 aromatic heterocycles. The first-order valence-electron chi connectivity index (χ1n) is 26.8. The maximum Gasteiger partial charge on any atom is 0.208 e. The van der Waals surface area contributed by atoms with E-state index in [0.29, 0.717) is 38.8 Å². The van der Waals surface area contributed by atoms with Crippen molar-refractivity contribution in [2.75, 3.05) is 33.0 Å². The smallest absolute Gasteiger partial charge is 0.208 e. The number of ether oxygens (including phenoxy) is 5. The Hall–Kier alpha value is -3.34. The summed E-state index contributed by atoms with van der Waals surface area (Å²) in [5, 5.41) is 6.71. The number of benzene rings is 4. The maximum absolute atomic E-state index is 7.19. The molecule has 4 aromatic carbocycles. The van der Waals surface area contributed by atoms with E-state index in [2.05, 4.69) is 77.1 Å². The molecule has 0 atom stereocenters. The number of rotatable bonds is 40. The summed E-state index contributed by atoms with van der Waals surface area (Å²) >= 11 is 0. The molecule has 5 heteroatoms. The monoisotopic (exact) mass is 869 g/mol. The van der Waals surface area contributed by atoms with Gasteiger partial charge in [-0.25, -0.2) is 0 Å². The van der Waals surface area contributed by atoms with Gasteiger partial charge in [-0.3, -0.25) is 0 Å². The predicted molar refractivity (Wildman–Crippen MR) is 273 cm³/mol. The van der Waals surface area contributed by atoms with E-state index in [-0.39, 0.29) is 0 Å². The van der Waals surface area contributed by atoms with Gasteiger partial charge in [0.05, 0.1) is 33.0 Å². The van der Waals surface area contributed by atoms with Crippen molar-refractivity contribution in [2.24, 2.45) is 0 Å². The Morgan fingerprint density at radius 1 is 0.254 bits per heavy atom. The van der Waals surface area contributed by atoms with Crippen molar-refractivity contribution in [3.05, 3.63) is 42.5 Å². The van der Waals surface area contributed by atoms with Gasteiger partial charge in [0.1, 0.15) is 5.75 Å². The van der Waals surface area contributed by atoms with Crippen LogP contribution in [0.15, 0.2) is 42.5 Å². The van der Waals surface area contributed by atoms with Crippen molar-refractivity contribution in [3.8, 4) is 28.7 Å². The van der Waals surface area contributed by atoms with Gasteiger partial charge in [0.2, 0.25) is 11.5 Å². The lowest BCUT2D eigenvalue weighted by Crippen LogP contribution is -2.10. The van der Waals surface area contributed by atoms with Crippen LogP contribution < -0.4 is 23.7 Å². The average molecular weight is 869 g/mol. The molecule has 0 N–H and O–H groups in total. The average Bonchev–Trinajstić information content (AvgIpc) is 3.30. The van der Waals surface area contributed by atoms with E-state index in [1.807, 2.05) is 0 Å². The quantitative estimate of drug-likeness (QED) is 0.0329. The van der Waals surface area contributed by atoms with Gasteiger partial charge < -0.3 is 23.7 Å². The molecule has 0 bridgehead atoms. The summed E-state index contributed by atoms with van der Waals surface area (Å²) < 4.78 is 35.4. The number of unbranched alkanes of at least 4 members (excludes halogenated alkanes) is 25. The summed E-state index contributed by atoms with van der Waals surface area (Å²) in [4.78, 5) is 0. The van der Waals surface area contributed by atoms with Gasteiger partial charge in [0, 0.05) is 16.2 Å². The van der Waals surface area contributed by atoms with Crippen LogP contribution in [0.3, 0.4) is 0 Å². The zero-order chi connectivity index (χ0) is 44.6. The predicted octanol–water partition coefficient (Wildman–Crippen LogP) is 18.8. The summed E-state index contributed by atoms with van der Waals surface area (Å²) in [6.45, 7) is 14.6. The van der Waals surface area contributed by atoms with Gasteiger partial charge in [0.25, 0.3) is 0 Å². The highest BCUT2D eigenvalue weighted by Gasteiger charge is 2.30. The van der Waals surface area contributed by atoms with Crippen molar-refractivity contribution in [1.29, 1.82) is 0 Å². The number of hydrogen-bond donors (Lipinski definition) is 0. The van der Waals surface area contributed by atoms with Crippen LogP contribution in [-0.4, -0.2) is 33.0 Å². The molecule has 0 saturated carbocycles. The van der Waals surface area contributed by atoms with Gasteiger partial charge in [0.15, 0.2) is 11.5 Å². The third-order valence-corrected chi connectivity index (χ3v) is 12.8. The van der Waals surface area contributed by atoms with E-state index in [4.69, 9.17) is 23.7 Å². The minimum atomic E-state index is 0.613. The van der Waals surface area contributed by atoms with Crippen LogP contribution in [0.4, 0.5) is 0 Å².